The van der Waals surface area contributed by atoms with E-state index in [0.717, 1.165) is 34.8 Å². The van der Waals surface area contributed by atoms with E-state index in [0.29, 0.717) is 16.6 Å². The first-order valence-corrected chi connectivity index (χ1v) is 14.0. The van der Waals surface area contributed by atoms with Crippen LogP contribution in [0.3, 0.4) is 0 Å². The summed E-state index contributed by atoms with van der Waals surface area (Å²) < 4.78 is 26.8. The fraction of sp³-hybridized carbons (Fsp3) is 0.222. The highest BCUT2D eigenvalue weighted by atomic mass is 32.2. The highest BCUT2D eigenvalue weighted by Crippen LogP contribution is 2.22. The van der Waals surface area contributed by atoms with E-state index < -0.39 is 15.6 Å². The summed E-state index contributed by atoms with van der Waals surface area (Å²) in [7, 11) is -1.63. The molecular weight excluding hydrogens is 494 g/mol. The molecule has 0 amide bonds. The number of rotatable bonds is 7. The van der Waals surface area contributed by atoms with Gasteiger partial charge >= 0.3 is 0 Å². The van der Waals surface area contributed by atoms with Crippen molar-refractivity contribution in [1.29, 1.82) is 0 Å². The van der Waals surface area contributed by atoms with Crippen LogP contribution in [0.1, 0.15) is 16.0 Å². The number of hydrogen-bond acceptors (Lipinski definition) is 7. The zero-order chi connectivity index (χ0) is 25.4. The number of carbonyl (C=O) groups is 1. The fourth-order valence-corrected chi connectivity index (χ4v) is 6.96. The van der Waals surface area contributed by atoms with E-state index in [2.05, 4.69) is 9.89 Å². The molecule has 0 bridgehead atoms. The number of nitrogens with zero attached hydrogens (tertiary/aromatic N) is 3. The Morgan fingerprint density at radius 2 is 1.83 bits per heavy atom. The fourth-order valence-electron chi connectivity index (χ4n) is 4.35. The van der Waals surface area contributed by atoms with Gasteiger partial charge < -0.3 is 4.90 Å². The summed E-state index contributed by atoms with van der Waals surface area (Å²) in [5.41, 5.74) is 2.22. The van der Waals surface area contributed by atoms with Gasteiger partial charge in [-0.15, -0.1) is 11.3 Å². The second kappa shape index (κ2) is 9.48. The van der Waals surface area contributed by atoms with Gasteiger partial charge in [0.25, 0.3) is 5.56 Å². The SMILES string of the molecule is Cc1ccc(S(=O)(=O)CC(=O)Cc2ccc(-n3ccc4cc(C5=NCCN5C)ccc4c3=O)cc2)s1. The van der Waals surface area contributed by atoms with Crippen LogP contribution in [0, 0.1) is 6.92 Å². The molecule has 36 heavy (non-hydrogen) atoms. The Hall–Kier alpha value is -3.56. The molecule has 3 heterocycles. The molecule has 0 saturated carbocycles. The number of aromatic nitrogens is 1. The Morgan fingerprint density at radius 3 is 2.50 bits per heavy atom. The van der Waals surface area contributed by atoms with Crippen molar-refractivity contribution in [3.05, 3.63) is 93.2 Å². The third-order valence-corrected chi connectivity index (χ3v) is 9.47. The summed E-state index contributed by atoms with van der Waals surface area (Å²) in [6, 6.07) is 18.0. The summed E-state index contributed by atoms with van der Waals surface area (Å²) >= 11 is 1.17. The lowest BCUT2D eigenvalue weighted by molar-refractivity contribution is -0.116. The number of pyridine rings is 1. The number of sulfone groups is 1. The molecular formula is C27H25N3O4S2. The quantitative estimate of drug-likeness (QED) is 0.372. The molecule has 7 nitrogen and oxygen atoms in total. The first-order chi connectivity index (χ1) is 17.2. The zero-order valence-electron chi connectivity index (χ0n) is 20.0. The standard InChI is InChI=1S/C27H25N3O4S2/c1-18-3-10-25(35-18)36(33,34)17-23(31)15-19-4-7-22(8-5-19)30-13-11-20-16-21(6-9-24(20)27(30)32)26-28-12-14-29(26)2/h3-11,13,16H,12,14-15,17H2,1-2H3. The lowest BCUT2D eigenvalue weighted by atomic mass is 10.1. The molecule has 2 aromatic carbocycles. The largest absolute Gasteiger partial charge is 0.358 e. The number of aliphatic imine (C=N–C) groups is 1. The van der Waals surface area contributed by atoms with Crippen LogP contribution in [0.25, 0.3) is 16.5 Å². The van der Waals surface area contributed by atoms with E-state index >= 15 is 0 Å². The van der Waals surface area contributed by atoms with Crippen molar-refractivity contribution < 1.29 is 13.2 Å². The molecule has 5 rings (SSSR count). The molecule has 1 aliphatic rings. The van der Waals surface area contributed by atoms with Gasteiger partial charge in [0.1, 0.15) is 15.8 Å². The maximum Gasteiger partial charge on any atom is 0.262 e. The predicted octanol–water partition coefficient (Wildman–Crippen LogP) is 3.64. The highest BCUT2D eigenvalue weighted by molar-refractivity contribution is 7.94. The molecule has 9 heteroatoms. The van der Waals surface area contributed by atoms with Crippen molar-refractivity contribution in [3.63, 3.8) is 0 Å². The first kappa shape index (κ1) is 24.1. The van der Waals surface area contributed by atoms with Crippen LogP contribution < -0.4 is 5.56 Å². The molecule has 0 fully saturated rings. The summed E-state index contributed by atoms with van der Waals surface area (Å²) in [6.07, 6.45) is 1.75. The van der Waals surface area contributed by atoms with Crippen LogP contribution in [0.15, 0.2) is 80.9 Å². The number of carbonyl (C=O) groups excluding carboxylic acids is 1. The molecule has 0 atom stereocenters. The molecule has 0 unspecified atom stereocenters. The van der Waals surface area contributed by atoms with Crippen LogP contribution in [-0.2, 0) is 21.1 Å². The number of Topliss-reactive ketones (excluding diaryl/α,β-unsaturated/α-hetero) is 1. The smallest absolute Gasteiger partial charge is 0.262 e. The molecule has 0 saturated heterocycles. The van der Waals surface area contributed by atoms with Crippen LogP contribution in [0.5, 0.6) is 0 Å². The summed E-state index contributed by atoms with van der Waals surface area (Å²) in [6.45, 7) is 3.49. The minimum Gasteiger partial charge on any atom is -0.358 e. The van der Waals surface area contributed by atoms with Gasteiger partial charge in [0.15, 0.2) is 15.6 Å². The van der Waals surface area contributed by atoms with E-state index in [9.17, 15) is 18.0 Å². The van der Waals surface area contributed by atoms with Crippen molar-refractivity contribution in [1.82, 2.24) is 9.47 Å². The number of benzene rings is 2. The molecule has 184 valence electrons. The van der Waals surface area contributed by atoms with Crippen LogP contribution in [0.2, 0.25) is 0 Å². The lowest BCUT2D eigenvalue weighted by Gasteiger charge is -2.14. The van der Waals surface area contributed by atoms with Crippen LogP contribution >= 0.6 is 11.3 Å². The molecule has 0 spiro atoms. The van der Waals surface area contributed by atoms with Gasteiger partial charge in [-0.25, -0.2) is 8.42 Å². The molecule has 0 N–H and O–H groups in total. The van der Waals surface area contributed by atoms with Gasteiger partial charge in [0.05, 0.1) is 6.54 Å². The van der Waals surface area contributed by atoms with Gasteiger partial charge in [-0.2, -0.15) is 0 Å². The van der Waals surface area contributed by atoms with E-state index in [1.807, 2.05) is 38.2 Å². The third kappa shape index (κ3) is 4.76. The second-order valence-electron chi connectivity index (χ2n) is 8.93. The average molecular weight is 520 g/mol. The summed E-state index contributed by atoms with van der Waals surface area (Å²) in [5, 5.41) is 1.46. The average Bonchev–Trinajstić information content (AvgIpc) is 3.48. The number of hydrogen-bond donors (Lipinski definition) is 0. The Kier molecular flexibility index (Phi) is 6.36. The maximum absolute atomic E-state index is 13.2. The molecule has 2 aromatic heterocycles. The Labute approximate surface area is 213 Å². The van der Waals surface area contributed by atoms with Crippen molar-refractivity contribution in [2.24, 2.45) is 4.99 Å². The van der Waals surface area contributed by atoms with Gasteiger partial charge in [-0.05, 0) is 60.3 Å². The molecule has 4 aromatic rings. The van der Waals surface area contributed by atoms with Crippen molar-refractivity contribution in [3.8, 4) is 5.69 Å². The number of aryl methyl sites for hydroxylation is 1. The number of likely N-dealkylation sites (N-methyl/N-ethyl adjacent to an activating group) is 1. The maximum atomic E-state index is 13.2. The minimum atomic E-state index is -3.63. The lowest BCUT2D eigenvalue weighted by Crippen LogP contribution is -2.23. The second-order valence-corrected chi connectivity index (χ2v) is 12.4. The summed E-state index contributed by atoms with van der Waals surface area (Å²) in [4.78, 5) is 33.2. The van der Waals surface area contributed by atoms with E-state index in [1.54, 1.807) is 47.2 Å². The molecule has 0 aliphatic carbocycles. The van der Waals surface area contributed by atoms with Crippen LogP contribution in [-0.4, -0.2) is 55.4 Å². The monoisotopic (exact) mass is 519 g/mol. The van der Waals surface area contributed by atoms with E-state index in [1.165, 1.54) is 11.3 Å². The number of thiophene rings is 1. The molecule has 1 aliphatic heterocycles. The summed E-state index contributed by atoms with van der Waals surface area (Å²) in [5.74, 6) is 0.0396. The zero-order valence-corrected chi connectivity index (χ0v) is 21.6. The number of fused-ring (bicyclic) bond motifs is 1. The van der Waals surface area contributed by atoms with Crippen molar-refractivity contribution in [2.45, 2.75) is 17.6 Å². The Morgan fingerprint density at radius 1 is 1.06 bits per heavy atom. The van der Waals surface area contributed by atoms with Gasteiger partial charge in [-0.1, -0.05) is 18.2 Å². The third-order valence-electron chi connectivity index (χ3n) is 6.21. The number of amidine groups is 1. The van der Waals surface area contributed by atoms with Gasteiger partial charge in [0, 0.05) is 47.7 Å². The topological polar surface area (TPSA) is 88.8 Å². The van der Waals surface area contributed by atoms with Gasteiger partial charge in [0.2, 0.25) is 0 Å². The van der Waals surface area contributed by atoms with Crippen molar-refractivity contribution in [2.75, 3.05) is 25.9 Å². The van der Waals surface area contributed by atoms with Crippen molar-refractivity contribution >= 4 is 43.6 Å². The van der Waals surface area contributed by atoms with E-state index in [-0.39, 0.29) is 22.0 Å². The van der Waals surface area contributed by atoms with Gasteiger partial charge in [-0.3, -0.25) is 19.1 Å². The Bertz CT molecular complexity index is 1670. The molecule has 0 radical (unpaired) electrons. The normalized spacial score (nSPS) is 13.8. The predicted molar refractivity (Wildman–Crippen MR) is 143 cm³/mol. The van der Waals surface area contributed by atoms with E-state index in [4.69, 9.17) is 0 Å². The first-order valence-electron chi connectivity index (χ1n) is 11.5. The minimum absolute atomic E-state index is 0.0115. The number of ketones is 1. The highest BCUT2D eigenvalue weighted by Gasteiger charge is 2.21. The van der Waals surface area contributed by atoms with Crippen LogP contribution in [0.4, 0.5) is 0 Å². The Balaban J connectivity index is 1.33.